The van der Waals surface area contributed by atoms with E-state index in [1.807, 2.05) is 0 Å². The number of benzene rings is 4. The molecule has 0 bridgehead atoms. The van der Waals surface area contributed by atoms with Gasteiger partial charge in [-0.15, -0.1) is 0 Å². The first-order valence-electron chi connectivity index (χ1n) is 11.2. The molecule has 2 heterocycles. The van der Waals surface area contributed by atoms with Gasteiger partial charge in [-0.25, -0.2) is 0 Å². The van der Waals surface area contributed by atoms with E-state index < -0.39 is 7.25 Å². The summed E-state index contributed by atoms with van der Waals surface area (Å²) in [5.41, 5.74) is 16.1. The molecule has 1 spiro atoms. The number of aryl methyl sites for hydroxylation is 4. The quantitative estimate of drug-likeness (QED) is 0.120. The van der Waals surface area contributed by atoms with Crippen LogP contribution in [0.4, 0.5) is 40.0 Å². The lowest BCUT2D eigenvalue weighted by atomic mass is 10.0. The summed E-state index contributed by atoms with van der Waals surface area (Å²) >= 11 is 0. The maximum atomic E-state index is 9.75. The Morgan fingerprint density at radius 3 is 0.853 bits per heavy atom. The van der Waals surface area contributed by atoms with Crippen molar-refractivity contribution in [3.63, 3.8) is 0 Å². The summed E-state index contributed by atoms with van der Waals surface area (Å²) in [6.45, 7) is 8.82. The maximum Gasteiger partial charge on any atom is 0.673 e. The van der Waals surface area contributed by atoms with Crippen LogP contribution in [-0.2, 0) is 0 Å². The molecule has 0 N–H and O–H groups in total. The fourth-order valence-electron chi connectivity index (χ4n) is 5.37. The van der Waals surface area contributed by atoms with Crippen molar-refractivity contribution in [3.05, 3.63) is 95.1 Å². The zero-order valence-electron chi connectivity index (χ0n) is 19.5. The number of quaternary nitrogens is 1. The Hall–Kier alpha value is -3.38. The van der Waals surface area contributed by atoms with Crippen LogP contribution in [0.5, 0.6) is 0 Å². The largest absolute Gasteiger partial charge is 0.673 e. The SMILES string of the molecule is Cc1ccc2c(c1)[N+]1(c3cc(C)ccc3-2)c2cc(C)ccc2-c2ccc(C)cc21.F[B-](F)(F)F. The van der Waals surface area contributed by atoms with E-state index in [4.69, 9.17) is 0 Å². The van der Waals surface area contributed by atoms with Gasteiger partial charge in [0.15, 0.2) is 22.7 Å². The monoisotopic (exact) mass is 461 g/mol. The van der Waals surface area contributed by atoms with Gasteiger partial charge < -0.3 is 17.3 Å². The molecule has 0 aromatic heterocycles. The van der Waals surface area contributed by atoms with Gasteiger partial charge >= 0.3 is 7.25 Å². The molecule has 172 valence electrons. The van der Waals surface area contributed by atoms with Crippen LogP contribution in [0.2, 0.25) is 0 Å². The van der Waals surface area contributed by atoms with Crippen molar-refractivity contribution < 1.29 is 17.3 Å². The predicted molar refractivity (Wildman–Crippen MR) is 134 cm³/mol. The maximum absolute atomic E-state index is 9.75. The van der Waals surface area contributed by atoms with E-state index in [0.29, 0.717) is 4.48 Å². The molecular weight excluding hydrogens is 437 g/mol. The van der Waals surface area contributed by atoms with E-state index in [2.05, 4.69) is 100 Å². The first kappa shape index (κ1) is 22.4. The van der Waals surface area contributed by atoms with Crippen LogP contribution in [0.3, 0.4) is 0 Å². The summed E-state index contributed by atoms with van der Waals surface area (Å²) in [5, 5.41) is 0. The highest BCUT2D eigenvalue weighted by atomic mass is 19.5. The van der Waals surface area contributed by atoms with Crippen LogP contribution in [0.1, 0.15) is 22.3 Å². The van der Waals surface area contributed by atoms with Crippen LogP contribution < -0.4 is 4.48 Å². The lowest BCUT2D eigenvalue weighted by Crippen LogP contribution is -2.29. The normalized spacial score (nSPS) is 14.1. The van der Waals surface area contributed by atoms with Crippen molar-refractivity contribution in [3.8, 4) is 22.3 Å². The molecule has 0 amide bonds. The molecule has 4 aromatic carbocycles. The molecule has 0 saturated carbocycles. The fraction of sp³-hybridized carbons (Fsp3) is 0.143. The molecule has 34 heavy (non-hydrogen) atoms. The Labute approximate surface area is 197 Å². The summed E-state index contributed by atoms with van der Waals surface area (Å²) in [7, 11) is -6.00. The molecule has 0 aliphatic carbocycles. The van der Waals surface area contributed by atoms with Gasteiger partial charge in [0, 0.05) is 24.3 Å². The molecule has 0 atom stereocenters. The van der Waals surface area contributed by atoms with E-state index in [0.717, 1.165) is 0 Å². The molecule has 0 fully saturated rings. The first-order chi connectivity index (χ1) is 16.0. The summed E-state index contributed by atoms with van der Waals surface area (Å²) in [4.78, 5) is 0. The minimum absolute atomic E-state index is 0.710. The minimum atomic E-state index is -6.00. The second-order valence-corrected chi connectivity index (χ2v) is 9.25. The molecule has 0 radical (unpaired) electrons. The Morgan fingerprint density at radius 1 is 0.441 bits per heavy atom. The summed E-state index contributed by atoms with van der Waals surface area (Å²) in [5.74, 6) is 0. The first-order valence-corrected chi connectivity index (χ1v) is 11.2. The van der Waals surface area contributed by atoms with E-state index in [9.17, 15) is 17.3 Å². The number of rotatable bonds is 0. The van der Waals surface area contributed by atoms with Gasteiger partial charge in [0.1, 0.15) is 0 Å². The van der Waals surface area contributed by atoms with E-state index in [1.54, 1.807) is 0 Å². The fourth-order valence-corrected chi connectivity index (χ4v) is 5.37. The lowest BCUT2D eigenvalue weighted by Gasteiger charge is -2.32. The second kappa shape index (κ2) is 7.57. The molecular formula is C28H24BF4N. The molecule has 0 unspecified atom stereocenters. The van der Waals surface area contributed by atoms with Gasteiger partial charge in [-0.1, -0.05) is 24.3 Å². The van der Waals surface area contributed by atoms with Crippen molar-refractivity contribution in [1.82, 2.24) is 4.48 Å². The Bertz CT molecular complexity index is 1240. The molecule has 6 heteroatoms. The van der Waals surface area contributed by atoms with Crippen LogP contribution in [-0.4, -0.2) is 7.25 Å². The summed E-state index contributed by atoms with van der Waals surface area (Å²) < 4.78 is 39.7. The van der Waals surface area contributed by atoms with Gasteiger partial charge in [0.05, 0.1) is 22.3 Å². The smallest absolute Gasteiger partial charge is 0.418 e. The number of halogens is 4. The van der Waals surface area contributed by atoms with Crippen molar-refractivity contribution in [2.24, 2.45) is 0 Å². The number of hydrogen-bond acceptors (Lipinski definition) is 0. The van der Waals surface area contributed by atoms with Crippen molar-refractivity contribution in [2.45, 2.75) is 27.7 Å². The summed E-state index contributed by atoms with van der Waals surface area (Å²) in [6.07, 6.45) is 0. The molecule has 4 aromatic rings. The minimum Gasteiger partial charge on any atom is -0.418 e. The number of hydrogen-bond donors (Lipinski definition) is 0. The highest BCUT2D eigenvalue weighted by molar-refractivity contribution is 6.50. The van der Waals surface area contributed by atoms with Gasteiger partial charge in [0.25, 0.3) is 0 Å². The topological polar surface area (TPSA) is 0 Å². The average molecular weight is 461 g/mol. The highest BCUT2D eigenvalue weighted by Crippen LogP contribution is 2.69. The molecule has 1 nitrogen and oxygen atoms in total. The van der Waals surface area contributed by atoms with Gasteiger partial charge in [-0.3, -0.25) is 0 Å². The summed E-state index contributed by atoms with van der Waals surface area (Å²) in [6, 6.07) is 27.8. The van der Waals surface area contributed by atoms with E-state index in [-0.39, 0.29) is 0 Å². The Kier molecular flexibility index (Phi) is 4.99. The zero-order valence-corrected chi connectivity index (χ0v) is 19.5. The van der Waals surface area contributed by atoms with Crippen LogP contribution in [0.15, 0.2) is 72.8 Å². The number of fused-ring (bicyclic) bond motifs is 10. The third-order valence-corrected chi connectivity index (χ3v) is 6.64. The highest BCUT2D eigenvalue weighted by Gasteiger charge is 2.54. The van der Waals surface area contributed by atoms with Gasteiger partial charge in [0.2, 0.25) is 0 Å². The van der Waals surface area contributed by atoms with Crippen LogP contribution >= 0.6 is 0 Å². The molecule has 0 saturated heterocycles. The van der Waals surface area contributed by atoms with Crippen LogP contribution in [0.25, 0.3) is 22.3 Å². The standard InChI is InChI=1S/C28H24N.BF4/c1-17-5-9-21-22-10-6-18(2)14-26(22)29(25(21)13-17)27-15-19(3)7-11-23(27)24-12-8-20(4)16-28(24)29;2-1(3,4)5/h5-16H,1-4H3;/q+1;-1. The molecule has 2 aliphatic rings. The van der Waals surface area contributed by atoms with E-state index in [1.165, 1.54) is 67.3 Å². The molecule has 6 rings (SSSR count). The van der Waals surface area contributed by atoms with Crippen molar-refractivity contribution in [1.29, 1.82) is 0 Å². The van der Waals surface area contributed by atoms with Crippen molar-refractivity contribution >= 4 is 30.0 Å². The van der Waals surface area contributed by atoms with E-state index >= 15 is 0 Å². The van der Waals surface area contributed by atoms with Crippen LogP contribution in [0, 0.1) is 27.7 Å². The van der Waals surface area contributed by atoms with Crippen molar-refractivity contribution in [2.75, 3.05) is 0 Å². The third kappa shape index (κ3) is 3.36. The zero-order chi connectivity index (χ0) is 24.4. The second-order valence-electron chi connectivity index (χ2n) is 9.25. The molecule has 2 aliphatic heterocycles. The predicted octanol–water partition coefficient (Wildman–Crippen LogP) is 9.48. The third-order valence-electron chi connectivity index (χ3n) is 6.64. The Morgan fingerprint density at radius 2 is 0.647 bits per heavy atom. The lowest BCUT2D eigenvalue weighted by molar-refractivity contribution is 0.368. The average Bonchev–Trinajstić information content (AvgIpc) is 3.17. The Balaban J connectivity index is 0.000000439. The van der Waals surface area contributed by atoms with Gasteiger partial charge in [-0.05, 0) is 74.2 Å². The number of nitrogens with zero attached hydrogens (tertiary/aromatic N) is 1. The van der Waals surface area contributed by atoms with Gasteiger partial charge in [-0.2, -0.15) is 4.48 Å².